The van der Waals surface area contributed by atoms with E-state index in [1.165, 1.54) is 33.4 Å². The molecule has 0 fully saturated rings. The molecule has 40 heavy (non-hydrogen) atoms. The molecule has 6 aromatic rings. The van der Waals surface area contributed by atoms with Gasteiger partial charge in [-0.2, -0.15) is 0 Å². The molecule has 0 aromatic heterocycles. The lowest BCUT2D eigenvalue weighted by molar-refractivity contribution is 1.51. The molecule has 0 bridgehead atoms. The average molecular weight is 510 g/mol. The number of benzene rings is 6. The van der Waals surface area contributed by atoms with E-state index >= 15 is 0 Å². The molecular formula is C39H27N. The van der Waals surface area contributed by atoms with Crippen molar-refractivity contribution in [2.24, 2.45) is 4.99 Å². The van der Waals surface area contributed by atoms with Crippen LogP contribution in [0.3, 0.4) is 0 Å². The summed E-state index contributed by atoms with van der Waals surface area (Å²) >= 11 is 0. The van der Waals surface area contributed by atoms with Crippen LogP contribution in [0.1, 0.15) is 22.3 Å². The van der Waals surface area contributed by atoms with Gasteiger partial charge in [0.2, 0.25) is 0 Å². The second-order valence-corrected chi connectivity index (χ2v) is 10.0. The van der Waals surface area contributed by atoms with E-state index in [0.717, 1.165) is 33.7 Å². The largest absolute Gasteiger partial charge is 0.247 e. The van der Waals surface area contributed by atoms with Gasteiger partial charge in [-0.15, -0.1) is 0 Å². The van der Waals surface area contributed by atoms with Crippen molar-refractivity contribution in [1.82, 2.24) is 0 Å². The number of hydrogen-bond acceptors (Lipinski definition) is 1. The van der Waals surface area contributed by atoms with Crippen molar-refractivity contribution < 1.29 is 0 Å². The summed E-state index contributed by atoms with van der Waals surface area (Å²) in [5.74, 6) is 0. The highest BCUT2D eigenvalue weighted by molar-refractivity contribution is 6.20. The maximum absolute atomic E-state index is 5.38. The molecule has 188 valence electrons. The van der Waals surface area contributed by atoms with Gasteiger partial charge >= 0.3 is 0 Å². The number of rotatable bonds is 4. The van der Waals surface area contributed by atoms with Gasteiger partial charge in [0.15, 0.2) is 0 Å². The zero-order chi connectivity index (χ0) is 26.7. The first-order valence-corrected chi connectivity index (χ1v) is 13.6. The normalized spacial score (nSPS) is 13.2. The van der Waals surface area contributed by atoms with Crippen LogP contribution in [0.5, 0.6) is 0 Å². The monoisotopic (exact) mass is 509 g/mol. The minimum absolute atomic E-state index is 0.960. The molecule has 1 aliphatic rings. The third-order valence-corrected chi connectivity index (χ3v) is 7.49. The topological polar surface area (TPSA) is 12.4 Å². The fourth-order valence-corrected chi connectivity index (χ4v) is 5.45. The van der Waals surface area contributed by atoms with Crippen LogP contribution in [0.2, 0.25) is 0 Å². The number of aliphatic imine (C=N–C) groups is 1. The van der Waals surface area contributed by atoms with E-state index < -0.39 is 0 Å². The first kappa shape index (κ1) is 23.8. The smallest absolute Gasteiger partial charge is 0.0788 e. The molecule has 0 aliphatic carbocycles. The van der Waals surface area contributed by atoms with Gasteiger partial charge in [0.05, 0.1) is 11.4 Å². The third kappa shape index (κ3) is 4.59. The van der Waals surface area contributed by atoms with Crippen LogP contribution in [0.4, 0.5) is 0 Å². The maximum Gasteiger partial charge on any atom is 0.0788 e. The molecule has 0 spiro atoms. The Morgan fingerprint density at radius 2 is 0.725 bits per heavy atom. The molecule has 0 saturated heterocycles. The van der Waals surface area contributed by atoms with Crippen molar-refractivity contribution >= 4 is 17.5 Å². The van der Waals surface area contributed by atoms with Crippen LogP contribution in [-0.2, 0) is 0 Å². The lowest BCUT2D eigenvalue weighted by atomic mass is 9.91. The Morgan fingerprint density at radius 1 is 0.325 bits per heavy atom. The van der Waals surface area contributed by atoms with E-state index in [-0.39, 0.29) is 0 Å². The summed E-state index contributed by atoms with van der Waals surface area (Å²) in [4.78, 5) is 5.38. The highest BCUT2D eigenvalue weighted by Gasteiger charge is 2.21. The summed E-state index contributed by atoms with van der Waals surface area (Å²) < 4.78 is 0. The zero-order valence-electron chi connectivity index (χ0n) is 22.0. The molecule has 6 aromatic carbocycles. The Bertz CT molecular complexity index is 1840. The highest BCUT2D eigenvalue weighted by Crippen LogP contribution is 2.38. The molecule has 1 aliphatic heterocycles. The summed E-state index contributed by atoms with van der Waals surface area (Å²) in [6.45, 7) is 0. The lowest BCUT2D eigenvalue weighted by Gasteiger charge is -2.11. The summed E-state index contributed by atoms with van der Waals surface area (Å²) in [5, 5.41) is 0. The van der Waals surface area contributed by atoms with Crippen LogP contribution in [-0.4, -0.2) is 5.71 Å². The summed E-state index contributed by atoms with van der Waals surface area (Å²) in [7, 11) is 0. The van der Waals surface area contributed by atoms with Crippen LogP contribution in [0, 0.1) is 0 Å². The van der Waals surface area contributed by atoms with Crippen LogP contribution >= 0.6 is 0 Å². The minimum Gasteiger partial charge on any atom is -0.247 e. The van der Waals surface area contributed by atoms with Crippen molar-refractivity contribution in [3.63, 3.8) is 0 Å². The fraction of sp³-hybridized carbons (Fsp3) is 0. The minimum atomic E-state index is 0.960. The van der Waals surface area contributed by atoms with Gasteiger partial charge in [0, 0.05) is 16.7 Å². The van der Waals surface area contributed by atoms with Crippen LogP contribution < -0.4 is 0 Å². The highest BCUT2D eigenvalue weighted by atomic mass is 14.8. The molecule has 0 amide bonds. The Labute approximate surface area is 235 Å². The van der Waals surface area contributed by atoms with E-state index in [1.807, 2.05) is 0 Å². The predicted octanol–water partition coefficient (Wildman–Crippen LogP) is 10.0. The second kappa shape index (κ2) is 10.5. The number of nitrogens with zero attached hydrogens (tertiary/aromatic N) is 1. The van der Waals surface area contributed by atoms with Gasteiger partial charge in [0.1, 0.15) is 0 Å². The van der Waals surface area contributed by atoms with E-state index in [9.17, 15) is 0 Å². The van der Waals surface area contributed by atoms with Crippen molar-refractivity contribution in [2.45, 2.75) is 0 Å². The van der Waals surface area contributed by atoms with Gasteiger partial charge in [-0.3, -0.25) is 0 Å². The lowest BCUT2D eigenvalue weighted by Crippen LogP contribution is -2.04. The molecule has 0 saturated carbocycles. The molecule has 0 unspecified atom stereocenters. The third-order valence-electron chi connectivity index (χ3n) is 7.49. The molecule has 1 heteroatoms. The SMILES string of the molecule is C(=C1/N=C(c2ccc(-c3ccccc3)cc2)c2ccccc2-c2ccccc21)/c1ccc(-c2ccccc2)cc1. The Morgan fingerprint density at radius 3 is 1.30 bits per heavy atom. The van der Waals surface area contributed by atoms with Crippen LogP contribution in [0.15, 0.2) is 163 Å². The Balaban J connectivity index is 1.36. The quantitative estimate of drug-likeness (QED) is 0.224. The summed E-state index contributed by atoms with van der Waals surface area (Å²) in [5.41, 5.74) is 13.7. The second-order valence-electron chi connectivity index (χ2n) is 10.0. The van der Waals surface area contributed by atoms with E-state index in [0.29, 0.717) is 0 Å². The molecule has 1 nitrogen and oxygen atoms in total. The van der Waals surface area contributed by atoms with Crippen LogP contribution in [0.25, 0.3) is 45.2 Å². The van der Waals surface area contributed by atoms with Gasteiger partial charge in [-0.1, -0.05) is 158 Å². The van der Waals surface area contributed by atoms with Gasteiger partial charge in [-0.05, 0) is 45.0 Å². The Hall–Kier alpha value is -5.27. The first-order chi connectivity index (χ1) is 19.8. The zero-order valence-corrected chi connectivity index (χ0v) is 22.0. The van der Waals surface area contributed by atoms with E-state index in [2.05, 4.69) is 164 Å². The van der Waals surface area contributed by atoms with Gasteiger partial charge in [0.25, 0.3) is 0 Å². The summed E-state index contributed by atoms with van der Waals surface area (Å²) in [6.07, 6.45) is 2.21. The van der Waals surface area contributed by atoms with Crippen molar-refractivity contribution in [2.75, 3.05) is 0 Å². The van der Waals surface area contributed by atoms with Gasteiger partial charge in [-0.25, -0.2) is 4.99 Å². The fourth-order valence-electron chi connectivity index (χ4n) is 5.45. The van der Waals surface area contributed by atoms with Gasteiger partial charge < -0.3 is 0 Å². The predicted molar refractivity (Wildman–Crippen MR) is 169 cm³/mol. The van der Waals surface area contributed by atoms with Crippen molar-refractivity contribution in [1.29, 1.82) is 0 Å². The molecule has 0 atom stereocenters. The number of hydrogen-bond donors (Lipinski definition) is 0. The molecular weight excluding hydrogens is 482 g/mol. The average Bonchev–Trinajstić information content (AvgIpc) is 3.17. The van der Waals surface area contributed by atoms with E-state index in [1.54, 1.807) is 0 Å². The van der Waals surface area contributed by atoms with Crippen molar-refractivity contribution in [3.8, 4) is 33.4 Å². The Kier molecular flexibility index (Phi) is 6.24. The maximum atomic E-state index is 5.38. The summed E-state index contributed by atoms with van der Waals surface area (Å²) in [6, 6.07) is 55.7. The molecule has 1 heterocycles. The molecule has 0 N–H and O–H groups in total. The number of fused-ring (bicyclic) bond motifs is 3. The van der Waals surface area contributed by atoms with Crippen molar-refractivity contribution in [3.05, 3.63) is 180 Å². The standard InChI is InChI=1S/C39H27N/c1-3-11-29(12-4-1)31-21-19-28(20-22-31)27-38-36-17-9-7-15-34(36)35-16-8-10-18-37(35)39(40-38)33-25-23-32(24-26-33)30-13-5-2-6-14-30/h1-27H/b38-27-. The molecule has 7 rings (SSSR count). The van der Waals surface area contributed by atoms with E-state index in [4.69, 9.17) is 4.99 Å². The first-order valence-electron chi connectivity index (χ1n) is 13.6. The molecule has 0 radical (unpaired) electrons.